The topological polar surface area (TPSA) is 0 Å². The summed E-state index contributed by atoms with van der Waals surface area (Å²) in [5.41, 5.74) is 5.66. The van der Waals surface area contributed by atoms with Gasteiger partial charge in [-0.2, -0.15) is 0 Å². The van der Waals surface area contributed by atoms with Crippen LogP contribution in [-0.2, 0) is 0 Å². The molecule has 166 valence electrons. The van der Waals surface area contributed by atoms with Crippen molar-refractivity contribution in [2.24, 2.45) is 11.8 Å². The summed E-state index contributed by atoms with van der Waals surface area (Å²) in [7, 11) is 0. The van der Waals surface area contributed by atoms with E-state index < -0.39 is 0 Å². The lowest BCUT2D eigenvalue weighted by Gasteiger charge is -2.28. The maximum Gasteiger partial charge on any atom is 0.0894 e. The fourth-order valence-corrected chi connectivity index (χ4v) is 5.96. The zero-order valence-electron chi connectivity index (χ0n) is 19.2. The molecule has 0 atom stereocenters. The molecular formula is C30H39F. The summed E-state index contributed by atoms with van der Waals surface area (Å²) in [5.74, 6) is 2.97. The molecule has 0 bridgehead atoms. The second-order valence-electron chi connectivity index (χ2n) is 9.93. The molecule has 2 saturated carbocycles. The number of allylic oxidation sites excluding steroid dienone is 2. The lowest BCUT2D eigenvalue weighted by molar-refractivity contribution is 0.293. The average molecular weight is 419 g/mol. The van der Waals surface area contributed by atoms with Crippen LogP contribution in [0.3, 0.4) is 0 Å². The Morgan fingerprint density at radius 3 is 1.65 bits per heavy atom. The van der Waals surface area contributed by atoms with Gasteiger partial charge >= 0.3 is 0 Å². The molecular weight excluding hydrogens is 379 g/mol. The number of alkyl halides is 1. The predicted molar refractivity (Wildman–Crippen MR) is 131 cm³/mol. The molecule has 2 aliphatic carbocycles. The highest BCUT2D eigenvalue weighted by Gasteiger charge is 2.22. The van der Waals surface area contributed by atoms with Crippen LogP contribution in [0.2, 0.25) is 0 Å². The van der Waals surface area contributed by atoms with Crippen LogP contribution in [0.5, 0.6) is 0 Å². The second kappa shape index (κ2) is 11.1. The minimum atomic E-state index is -0.153. The fraction of sp³-hybridized carbons (Fsp3) is 0.533. The summed E-state index contributed by atoms with van der Waals surface area (Å²) in [6.45, 7) is 1.99. The Labute approximate surface area is 189 Å². The van der Waals surface area contributed by atoms with Crippen molar-refractivity contribution in [2.45, 2.75) is 83.0 Å². The molecule has 0 aliphatic heterocycles. The number of hydrogen-bond donors (Lipinski definition) is 0. The molecule has 0 amide bonds. The van der Waals surface area contributed by atoms with Crippen molar-refractivity contribution in [1.82, 2.24) is 0 Å². The molecule has 2 aromatic rings. The Hall–Kier alpha value is -1.89. The van der Waals surface area contributed by atoms with E-state index in [9.17, 15) is 4.39 Å². The van der Waals surface area contributed by atoms with Gasteiger partial charge in [0.2, 0.25) is 0 Å². The summed E-state index contributed by atoms with van der Waals surface area (Å²) in [5, 5.41) is 0. The summed E-state index contributed by atoms with van der Waals surface area (Å²) in [6.07, 6.45) is 16.8. The zero-order chi connectivity index (χ0) is 21.5. The van der Waals surface area contributed by atoms with Gasteiger partial charge in [0.25, 0.3) is 0 Å². The third kappa shape index (κ3) is 5.88. The maximum atomic E-state index is 12.4. The Balaban J connectivity index is 1.32. The Bertz CT molecular complexity index is 800. The van der Waals surface area contributed by atoms with Crippen LogP contribution >= 0.6 is 0 Å². The average Bonchev–Trinajstić information content (AvgIpc) is 2.84. The van der Waals surface area contributed by atoms with Crippen LogP contribution in [0, 0.1) is 11.8 Å². The van der Waals surface area contributed by atoms with Crippen molar-refractivity contribution in [2.75, 3.05) is 6.67 Å². The highest BCUT2D eigenvalue weighted by Crippen LogP contribution is 2.39. The largest absolute Gasteiger partial charge is 0.251 e. The summed E-state index contributed by atoms with van der Waals surface area (Å²) >= 11 is 0. The Morgan fingerprint density at radius 1 is 0.710 bits per heavy atom. The van der Waals surface area contributed by atoms with Crippen molar-refractivity contribution in [3.8, 4) is 11.1 Å². The minimum Gasteiger partial charge on any atom is -0.251 e. The first-order valence-electron chi connectivity index (χ1n) is 12.7. The molecule has 0 N–H and O–H groups in total. The monoisotopic (exact) mass is 418 g/mol. The van der Waals surface area contributed by atoms with Crippen LogP contribution in [0.1, 0.15) is 94.1 Å². The van der Waals surface area contributed by atoms with Gasteiger partial charge in [0.15, 0.2) is 0 Å². The summed E-state index contributed by atoms with van der Waals surface area (Å²) in [6, 6.07) is 18.7. The van der Waals surface area contributed by atoms with Crippen molar-refractivity contribution in [3.63, 3.8) is 0 Å². The minimum absolute atomic E-state index is 0.153. The van der Waals surface area contributed by atoms with Gasteiger partial charge < -0.3 is 0 Å². The molecule has 2 aromatic carbocycles. The molecule has 1 heteroatoms. The Morgan fingerprint density at radius 2 is 1.19 bits per heavy atom. The first-order chi connectivity index (χ1) is 15.3. The molecule has 0 spiro atoms. The van der Waals surface area contributed by atoms with Crippen LogP contribution in [0.15, 0.2) is 60.7 Å². The first kappa shape index (κ1) is 22.3. The third-order valence-corrected chi connectivity index (χ3v) is 7.93. The summed E-state index contributed by atoms with van der Waals surface area (Å²) < 4.78 is 12.4. The van der Waals surface area contributed by atoms with Crippen molar-refractivity contribution < 1.29 is 4.39 Å². The molecule has 0 radical (unpaired) electrons. The zero-order valence-corrected chi connectivity index (χ0v) is 19.2. The van der Waals surface area contributed by atoms with E-state index in [1.807, 2.05) is 0 Å². The van der Waals surface area contributed by atoms with E-state index in [1.165, 1.54) is 73.6 Å². The second-order valence-corrected chi connectivity index (χ2v) is 9.93. The van der Waals surface area contributed by atoms with E-state index in [0.29, 0.717) is 5.92 Å². The van der Waals surface area contributed by atoms with Gasteiger partial charge in [0, 0.05) is 0 Å². The van der Waals surface area contributed by atoms with Gasteiger partial charge in [0.05, 0.1) is 6.67 Å². The number of halogens is 1. The van der Waals surface area contributed by atoms with Crippen LogP contribution in [0.25, 0.3) is 11.1 Å². The molecule has 2 fully saturated rings. The number of benzene rings is 2. The molecule has 0 nitrogen and oxygen atoms in total. The van der Waals surface area contributed by atoms with Gasteiger partial charge in [0.1, 0.15) is 0 Å². The van der Waals surface area contributed by atoms with E-state index in [4.69, 9.17) is 0 Å². The molecule has 0 aromatic heterocycles. The van der Waals surface area contributed by atoms with Gasteiger partial charge in [-0.15, -0.1) is 0 Å². The third-order valence-electron chi connectivity index (χ3n) is 7.93. The van der Waals surface area contributed by atoms with Crippen LogP contribution < -0.4 is 0 Å². The van der Waals surface area contributed by atoms with E-state index >= 15 is 0 Å². The first-order valence-corrected chi connectivity index (χ1v) is 12.7. The highest BCUT2D eigenvalue weighted by molar-refractivity contribution is 5.64. The lowest BCUT2D eigenvalue weighted by Crippen LogP contribution is -2.13. The van der Waals surface area contributed by atoms with E-state index in [2.05, 4.69) is 67.6 Å². The molecule has 4 rings (SSSR count). The quantitative estimate of drug-likeness (QED) is 0.393. The van der Waals surface area contributed by atoms with Gasteiger partial charge in [-0.05, 0) is 117 Å². The van der Waals surface area contributed by atoms with Crippen molar-refractivity contribution >= 4 is 0 Å². The van der Waals surface area contributed by atoms with Crippen molar-refractivity contribution in [1.29, 1.82) is 0 Å². The molecule has 0 saturated heterocycles. The molecule has 0 unspecified atom stereocenters. The summed E-state index contributed by atoms with van der Waals surface area (Å²) in [4.78, 5) is 0. The van der Waals surface area contributed by atoms with Crippen molar-refractivity contribution in [3.05, 3.63) is 71.8 Å². The number of rotatable bonds is 7. The van der Waals surface area contributed by atoms with Gasteiger partial charge in [-0.3, -0.25) is 4.39 Å². The van der Waals surface area contributed by atoms with E-state index in [0.717, 1.165) is 30.6 Å². The van der Waals surface area contributed by atoms with Gasteiger partial charge in [-0.1, -0.05) is 60.7 Å². The molecule has 0 heterocycles. The van der Waals surface area contributed by atoms with Gasteiger partial charge in [-0.25, -0.2) is 0 Å². The van der Waals surface area contributed by atoms with E-state index in [1.54, 1.807) is 0 Å². The molecule has 31 heavy (non-hydrogen) atoms. The predicted octanol–water partition coefficient (Wildman–Crippen LogP) is 9.23. The molecule has 2 aliphatic rings. The van der Waals surface area contributed by atoms with Crippen LogP contribution in [-0.4, -0.2) is 6.67 Å². The SMILES string of the molecule is C/C=C/C1CCC(c2ccc(-c3ccc(C4CCC(CCCF)CC4)cc3)cc2)CC1. The normalized spacial score (nSPS) is 26.9. The number of hydrogen-bond acceptors (Lipinski definition) is 0. The lowest BCUT2D eigenvalue weighted by atomic mass is 9.77. The smallest absolute Gasteiger partial charge is 0.0894 e. The highest BCUT2D eigenvalue weighted by atomic mass is 19.1. The standard InChI is InChI=1S/C30H39F/c1-2-4-23-6-10-25(11-7-23)27-14-18-29(19-15-27)30-20-16-28(17-21-30)26-12-8-24(9-13-26)5-3-22-31/h2,4,14-21,23-26H,3,5-13,22H2,1H3/b4-2+. The fourth-order valence-electron chi connectivity index (χ4n) is 5.96. The Kier molecular flexibility index (Phi) is 8.00. The van der Waals surface area contributed by atoms with E-state index in [-0.39, 0.29) is 6.67 Å². The van der Waals surface area contributed by atoms with Crippen LogP contribution in [0.4, 0.5) is 4.39 Å². The maximum absolute atomic E-state index is 12.4.